The van der Waals surface area contributed by atoms with E-state index < -0.39 is 29.8 Å². The van der Waals surface area contributed by atoms with Crippen LogP contribution in [0, 0.1) is 0 Å². The molecule has 1 saturated carbocycles. The number of alkyl halides is 3. The van der Waals surface area contributed by atoms with Gasteiger partial charge in [-0.2, -0.15) is 13.2 Å². The van der Waals surface area contributed by atoms with Gasteiger partial charge in [-0.1, -0.05) is 42.5 Å². The summed E-state index contributed by atoms with van der Waals surface area (Å²) in [5.41, 5.74) is 2.34. The Labute approximate surface area is 214 Å². The molecule has 37 heavy (non-hydrogen) atoms. The van der Waals surface area contributed by atoms with E-state index in [1.807, 2.05) is 54.6 Å². The standard InChI is InChI=1S/C28H31F3N2O4/c1-36-25(34)15-19-7-9-21(10-8-19)32-13-11-27(12-14-32)17-22(18-37-27)33(26(35)28(29,30)31)24-16-23(24)20-5-3-2-4-6-20/h2-10,22-24H,11-18H2,1H3/t22?,23-,24+/m0/s1. The van der Waals surface area contributed by atoms with E-state index in [1.54, 1.807) is 0 Å². The monoisotopic (exact) mass is 516 g/mol. The Kier molecular flexibility index (Phi) is 6.91. The van der Waals surface area contributed by atoms with Crippen LogP contribution in [0.4, 0.5) is 18.9 Å². The van der Waals surface area contributed by atoms with Crippen LogP contribution < -0.4 is 4.90 Å². The molecule has 6 nitrogen and oxygen atoms in total. The summed E-state index contributed by atoms with van der Waals surface area (Å²) in [6, 6.07) is 16.1. The minimum atomic E-state index is -4.91. The SMILES string of the molecule is COC(=O)Cc1ccc(N2CCC3(CC2)CC(N(C(=O)C(F)(F)F)[C@@H]2C[C@H]2c2ccccc2)CO3)cc1. The lowest BCUT2D eigenvalue weighted by Crippen LogP contribution is -2.50. The van der Waals surface area contributed by atoms with Gasteiger partial charge in [0.2, 0.25) is 0 Å². The van der Waals surface area contributed by atoms with Crippen molar-refractivity contribution in [3.8, 4) is 0 Å². The molecular weight excluding hydrogens is 485 g/mol. The molecular formula is C28H31F3N2O4. The second-order valence-electron chi connectivity index (χ2n) is 10.3. The van der Waals surface area contributed by atoms with Gasteiger partial charge in [0.05, 0.1) is 31.8 Å². The number of nitrogens with zero attached hydrogens (tertiary/aromatic N) is 2. The normalized spacial score (nSPS) is 24.6. The van der Waals surface area contributed by atoms with Gasteiger partial charge < -0.3 is 19.3 Å². The Bertz CT molecular complexity index is 1110. The van der Waals surface area contributed by atoms with Crippen LogP contribution in [0.1, 0.15) is 42.7 Å². The first kappa shape index (κ1) is 25.6. The van der Waals surface area contributed by atoms with Crippen molar-refractivity contribution in [1.29, 1.82) is 0 Å². The summed E-state index contributed by atoms with van der Waals surface area (Å²) in [6.07, 6.45) is -2.40. The van der Waals surface area contributed by atoms with Crippen LogP contribution in [-0.4, -0.2) is 67.4 Å². The number of methoxy groups -OCH3 is 1. The van der Waals surface area contributed by atoms with Crippen molar-refractivity contribution in [2.45, 2.75) is 61.9 Å². The second-order valence-corrected chi connectivity index (χ2v) is 10.3. The van der Waals surface area contributed by atoms with E-state index in [0.29, 0.717) is 38.8 Å². The van der Waals surface area contributed by atoms with E-state index in [4.69, 9.17) is 9.47 Å². The van der Waals surface area contributed by atoms with Gasteiger partial charge in [-0.25, -0.2) is 0 Å². The molecule has 2 heterocycles. The minimum Gasteiger partial charge on any atom is -0.469 e. The third-order valence-corrected chi connectivity index (χ3v) is 7.95. The zero-order chi connectivity index (χ0) is 26.2. The molecule has 9 heteroatoms. The Morgan fingerprint density at radius 2 is 1.76 bits per heavy atom. The highest BCUT2D eigenvalue weighted by atomic mass is 19.4. The number of halogens is 3. The summed E-state index contributed by atoms with van der Waals surface area (Å²) in [5.74, 6) is -2.13. The topological polar surface area (TPSA) is 59.1 Å². The molecule has 2 aliphatic heterocycles. The lowest BCUT2D eigenvalue weighted by molar-refractivity contribution is -0.188. The van der Waals surface area contributed by atoms with Gasteiger partial charge >= 0.3 is 18.1 Å². The Balaban J connectivity index is 1.23. The van der Waals surface area contributed by atoms with Gasteiger partial charge in [-0.3, -0.25) is 9.59 Å². The summed E-state index contributed by atoms with van der Waals surface area (Å²) in [4.78, 5) is 27.3. The number of ether oxygens (including phenoxy) is 2. The molecule has 1 amide bonds. The van der Waals surface area contributed by atoms with Crippen LogP contribution in [0.3, 0.4) is 0 Å². The van der Waals surface area contributed by atoms with Crippen molar-refractivity contribution >= 4 is 17.6 Å². The molecule has 3 fully saturated rings. The fourth-order valence-electron chi connectivity index (χ4n) is 5.86. The minimum absolute atomic E-state index is 0.0759. The number of amides is 1. The van der Waals surface area contributed by atoms with Crippen molar-refractivity contribution < 1.29 is 32.2 Å². The lowest BCUT2D eigenvalue weighted by Gasteiger charge is -2.40. The molecule has 2 aromatic rings. The first-order valence-electron chi connectivity index (χ1n) is 12.7. The smallest absolute Gasteiger partial charge is 0.469 e. The Hall–Kier alpha value is -3.07. The Morgan fingerprint density at radius 1 is 1.08 bits per heavy atom. The molecule has 3 atom stereocenters. The van der Waals surface area contributed by atoms with Gasteiger partial charge in [-0.15, -0.1) is 0 Å². The molecule has 1 unspecified atom stereocenters. The first-order chi connectivity index (χ1) is 17.7. The molecule has 2 saturated heterocycles. The van der Waals surface area contributed by atoms with Crippen molar-refractivity contribution in [2.75, 3.05) is 31.7 Å². The van der Waals surface area contributed by atoms with Crippen molar-refractivity contribution in [3.63, 3.8) is 0 Å². The average Bonchev–Trinajstić information content (AvgIpc) is 3.58. The molecule has 0 N–H and O–H groups in total. The molecule has 3 aliphatic rings. The fourth-order valence-corrected chi connectivity index (χ4v) is 5.86. The van der Waals surface area contributed by atoms with Gasteiger partial charge in [0.15, 0.2) is 0 Å². The average molecular weight is 517 g/mol. The highest BCUT2D eigenvalue weighted by Crippen LogP contribution is 2.49. The van der Waals surface area contributed by atoms with Crippen LogP contribution in [-0.2, 0) is 25.5 Å². The quantitative estimate of drug-likeness (QED) is 0.530. The van der Waals surface area contributed by atoms with E-state index in [1.165, 1.54) is 7.11 Å². The highest BCUT2D eigenvalue weighted by Gasteiger charge is 2.57. The van der Waals surface area contributed by atoms with Crippen LogP contribution in [0.25, 0.3) is 0 Å². The van der Waals surface area contributed by atoms with Gasteiger partial charge in [0.1, 0.15) is 0 Å². The summed E-state index contributed by atoms with van der Waals surface area (Å²) in [5, 5.41) is 0. The highest BCUT2D eigenvalue weighted by molar-refractivity contribution is 5.83. The molecule has 1 aliphatic carbocycles. The van der Waals surface area contributed by atoms with Gasteiger partial charge in [-0.05, 0) is 48.9 Å². The third kappa shape index (κ3) is 5.46. The zero-order valence-electron chi connectivity index (χ0n) is 20.7. The molecule has 0 bridgehead atoms. The van der Waals surface area contributed by atoms with E-state index >= 15 is 0 Å². The summed E-state index contributed by atoms with van der Waals surface area (Å²) in [7, 11) is 1.36. The number of benzene rings is 2. The number of rotatable bonds is 6. The lowest BCUT2D eigenvalue weighted by atomic mass is 9.86. The maximum absolute atomic E-state index is 13.6. The van der Waals surface area contributed by atoms with Crippen molar-refractivity contribution in [2.24, 2.45) is 0 Å². The van der Waals surface area contributed by atoms with E-state index in [-0.39, 0.29) is 24.9 Å². The summed E-state index contributed by atoms with van der Waals surface area (Å²) >= 11 is 0. The molecule has 0 aromatic heterocycles. The number of hydrogen-bond acceptors (Lipinski definition) is 5. The van der Waals surface area contributed by atoms with Crippen molar-refractivity contribution in [1.82, 2.24) is 4.90 Å². The summed E-state index contributed by atoms with van der Waals surface area (Å²) < 4.78 is 51.7. The van der Waals surface area contributed by atoms with E-state index in [0.717, 1.165) is 21.7 Å². The predicted octanol–water partition coefficient (Wildman–Crippen LogP) is 4.48. The number of carbonyl (C=O) groups is 2. The van der Waals surface area contributed by atoms with Crippen LogP contribution in [0.2, 0.25) is 0 Å². The number of anilines is 1. The number of esters is 1. The maximum atomic E-state index is 13.6. The molecule has 2 aromatic carbocycles. The molecule has 198 valence electrons. The number of hydrogen-bond donors (Lipinski definition) is 0. The molecule has 0 radical (unpaired) electrons. The zero-order valence-corrected chi connectivity index (χ0v) is 20.7. The maximum Gasteiger partial charge on any atom is 0.471 e. The molecule has 5 rings (SSSR count). The molecule has 1 spiro atoms. The third-order valence-electron chi connectivity index (χ3n) is 7.95. The second kappa shape index (κ2) is 10.0. The van der Waals surface area contributed by atoms with E-state index in [9.17, 15) is 22.8 Å². The van der Waals surface area contributed by atoms with Crippen LogP contribution in [0.15, 0.2) is 54.6 Å². The number of piperidine rings is 1. The fraction of sp³-hybridized carbons (Fsp3) is 0.500. The van der Waals surface area contributed by atoms with Gasteiger partial charge in [0.25, 0.3) is 0 Å². The van der Waals surface area contributed by atoms with E-state index in [2.05, 4.69) is 4.90 Å². The first-order valence-corrected chi connectivity index (χ1v) is 12.7. The van der Waals surface area contributed by atoms with Gasteiger partial charge in [0, 0.05) is 30.7 Å². The number of carbonyl (C=O) groups excluding carboxylic acids is 2. The predicted molar refractivity (Wildman–Crippen MR) is 131 cm³/mol. The Morgan fingerprint density at radius 3 is 2.38 bits per heavy atom. The largest absolute Gasteiger partial charge is 0.471 e. The van der Waals surface area contributed by atoms with Crippen molar-refractivity contribution in [3.05, 3.63) is 65.7 Å². The van der Waals surface area contributed by atoms with Crippen LogP contribution in [0.5, 0.6) is 0 Å². The summed E-state index contributed by atoms with van der Waals surface area (Å²) in [6.45, 7) is 1.53. The van der Waals surface area contributed by atoms with Crippen LogP contribution >= 0.6 is 0 Å².